The number of piperidine rings is 1. The molecule has 0 atom stereocenters. The van der Waals surface area contributed by atoms with Crippen LogP contribution < -0.4 is 15.1 Å². The molecule has 0 spiro atoms. The van der Waals surface area contributed by atoms with E-state index in [1.807, 2.05) is 30.3 Å². The number of nitrogens with zero attached hydrogens (tertiary/aromatic N) is 4. The largest absolute Gasteiger partial charge is 0.463 e. The summed E-state index contributed by atoms with van der Waals surface area (Å²) in [5.41, 5.74) is 3.90. The molecule has 3 heterocycles. The lowest BCUT2D eigenvalue weighted by atomic mass is 9.95. The number of rotatable bonds is 7. The van der Waals surface area contributed by atoms with E-state index in [0.717, 1.165) is 61.8 Å². The fraction of sp³-hybridized carbons (Fsp3) is 0.400. The van der Waals surface area contributed by atoms with Crippen molar-refractivity contribution in [1.82, 2.24) is 10.2 Å². The third kappa shape index (κ3) is 4.77. The first-order chi connectivity index (χ1) is 15.6. The number of aryl methyl sites for hydroxylation is 1. The van der Waals surface area contributed by atoms with Crippen molar-refractivity contribution in [3.63, 3.8) is 0 Å². The van der Waals surface area contributed by atoms with Crippen LogP contribution in [0.25, 0.3) is 11.5 Å². The first kappa shape index (κ1) is 21.9. The summed E-state index contributed by atoms with van der Waals surface area (Å²) in [5, 5.41) is 11.8. The third-order valence-corrected chi connectivity index (χ3v) is 6.21. The maximum absolute atomic E-state index is 12.9. The van der Waals surface area contributed by atoms with Gasteiger partial charge in [-0.05, 0) is 81.6 Å². The van der Waals surface area contributed by atoms with Gasteiger partial charge in [-0.15, -0.1) is 10.2 Å². The van der Waals surface area contributed by atoms with E-state index in [1.165, 1.54) is 5.69 Å². The number of furan rings is 1. The summed E-state index contributed by atoms with van der Waals surface area (Å²) in [6, 6.07) is 13.8. The van der Waals surface area contributed by atoms with E-state index in [-0.39, 0.29) is 11.8 Å². The molecule has 7 nitrogen and oxygen atoms in total. The second kappa shape index (κ2) is 9.85. The zero-order valence-corrected chi connectivity index (χ0v) is 19.0. The summed E-state index contributed by atoms with van der Waals surface area (Å²) in [4.78, 5) is 17.4. The van der Waals surface area contributed by atoms with Crippen LogP contribution in [0.1, 0.15) is 32.3 Å². The third-order valence-electron chi connectivity index (χ3n) is 6.21. The van der Waals surface area contributed by atoms with Gasteiger partial charge >= 0.3 is 0 Å². The lowest BCUT2D eigenvalue weighted by molar-refractivity contribution is -0.120. The molecule has 0 aliphatic carbocycles. The van der Waals surface area contributed by atoms with Gasteiger partial charge in [0, 0.05) is 43.5 Å². The molecule has 3 aromatic rings. The molecule has 0 saturated carbocycles. The molecular formula is C25H31N5O2. The van der Waals surface area contributed by atoms with E-state index >= 15 is 0 Å². The number of benzene rings is 1. The number of hydrogen-bond acceptors (Lipinski definition) is 6. The fourth-order valence-electron chi connectivity index (χ4n) is 4.23. The Balaban J connectivity index is 1.33. The lowest BCUT2D eigenvalue weighted by Crippen LogP contribution is -2.38. The molecule has 1 saturated heterocycles. The highest BCUT2D eigenvalue weighted by molar-refractivity contribution is 5.93. The molecule has 0 radical (unpaired) electrons. The molecule has 1 N–H and O–H groups in total. The number of anilines is 3. The van der Waals surface area contributed by atoms with Crippen molar-refractivity contribution in [3.8, 4) is 11.5 Å². The van der Waals surface area contributed by atoms with Gasteiger partial charge in [-0.2, -0.15) is 0 Å². The number of carbonyl (C=O) groups excluding carboxylic acids is 1. The topological polar surface area (TPSA) is 74.5 Å². The molecule has 0 bridgehead atoms. The maximum Gasteiger partial charge on any atom is 0.227 e. The standard InChI is InChI=1S/C25H31N5O2/c1-4-29(5-2)20-8-9-21(18(3)17-20)26-25(31)19-12-14-30(15-13-19)24-11-10-22(27-28-24)23-7-6-16-32-23/h6-11,16-17,19H,4-5,12-15H2,1-3H3,(H,26,31). The predicted octanol–water partition coefficient (Wildman–Crippen LogP) is 4.75. The first-order valence-corrected chi connectivity index (χ1v) is 11.4. The van der Waals surface area contributed by atoms with Gasteiger partial charge in [-0.25, -0.2) is 0 Å². The number of aromatic nitrogens is 2. The van der Waals surface area contributed by atoms with Gasteiger partial charge in [0.15, 0.2) is 11.6 Å². The van der Waals surface area contributed by atoms with Crippen molar-refractivity contribution in [2.24, 2.45) is 5.92 Å². The molecule has 1 aromatic carbocycles. The summed E-state index contributed by atoms with van der Waals surface area (Å²) >= 11 is 0. The van der Waals surface area contributed by atoms with Crippen LogP contribution >= 0.6 is 0 Å². The number of carbonyl (C=O) groups is 1. The van der Waals surface area contributed by atoms with Gasteiger partial charge in [0.05, 0.1) is 6.26 Å². The van der Waals surface area contributed by atoms with Crippen LogP contribution in [0.4, 0.5) is 17.2 Å². The van der Waals surface area contributed by atoms with E-state index < -0.39 is 0 Å². The van der Waals surface area contributed by atoms with Gasteiger partial charge in [-0.3, -0.25) is 4.79 Å². The van der Waals surface area contributed by atoms with Crippen LogP contribution in [-0.2, 0) is 4.79 Å². The summed E-state index contributed by atoms with van der Waals surface area (Å²) in [5.74, 6) is 1.65. The highest BCUT2D eigenvalue weighted by Crippen LogP contribution is 2.27. The van der Waals surface area contributed by atoms with Crippen molar-refractivity contribution in [2.75, 3.05) is 41.3 Å². The Hall–Kier alpha value is -3.35. The normalized spacial score (nSPS) is 14.4. The average Bonchev–Trinajstić information content (AvgIpc) is 3.37. The highest BCUT2D eigenvalue weighted by Gasteiger charge is 2.26. The molecule has 4 rings (SSSR count). The Labute approximate surface area is 189 Å². The predicted molar refractivity (Wildman–Crippen MR) is 128 cm³/mol. The summed E-state index contributed by atoms with van der Waals surface area (Å²) in [7, 11) is 0. The fourth-order valence-corrected chi connectivity index (χ4v) is 4.23. The zero-order chi connectivity index (χ0) is 22.5. The van der Waals surface area contributed by atoms with E-state index in [2.05, 4.69) is 58.2 Å². The monoisotopic (exact) mass is 433 g/mol. The van der Waals surface area contributed by atoms with Crippen LogP contribution in [-0.4, -0.2) is 42.3 Å². The van der Waals surface area contributed by atoms with Crippen LogP contribution in [0.15, 0.2) is 53.1 Å². The number of nitrogens with one attached hydrogen (secondary N) is 1. The van der Waals surface area contributed by atoms with E-state index in [9.17, 15) is 4.79 Å². The summed E-state index contributed by atoms with van der Waals surface area (Å²) in [6.07, 6.45) is 3.22. The van der Waals surface area contributed by atoms with Gasteiger partial charge in [0.2, 0.25) is 5.91 Å². The van der Waals surface area contributed by atoms with Crippen LogP contribution in [0.3, 0.4) is 0 Å². The van der Waals surface area contributed by atoms with Crippen molar-refractivity contribution in [2.45, 2.75) is 33.6 Å². The quantitative estimate of drug-likeness (QED) is 0.580. The van der Waals surface area contributed by atoms with Crippen molar-refractivity contribution in [1.29, 1.82) is 0 Å². The van der Waals surface area contributed by atoms with Crippen LogP contribution in [0, 0.1) is 12.8 Å². The Bertz CT molecular complexity index is 1020. The maximum atomic E-state index is 12.9. The summed E-state index contributed by atoms with van der Waals surface area (Å²) < 4.78 is 5.37. The van der Waals surface area contributed by atoms with Crippen LogP contribution in [0.5, 0.6) is 0 Å². The SMILES string of the molecule is CCN(CC)c1ccc(NC(=O)C2CCN(c3ccc(-c4ccco4)nn3)CC2)c(C)c1. The Morgan fingerprint density at radius 3 is 2.50 bits per heavy atom. The molecule has 0 unspecified atom stereocenters. The van der Waals surface area contributed by atoms with Gasteiger partial charge < -0.3 is 19.5 Å². The molecule has 1 fully saturated rings. The minimum absolute atomic E-state index is 0.00320. The van der Waals surface area contributed by atoms with Crippen molar-refractivity contribution < 1.29 is 9.21 Å². The van der Waals surface area contributed by atoms with Gasteiger partial charge in [0.25, 0.3) is 0 Å². The minimum Gasteiger partial charge on any atom is -0.463 e. The van der Waals surface area contributed by atoms with E-state index in [1.54, 1.807) is 6.26 Å². The molecule has 2 aromatic heterocycles. The van der Waals surface area contributed by atoms with Crippen molar-refractivity contribution in [3.05, 3.63) is 54.3 Å². The summed E-state index contributed by atoms with van der Waals surface area (Å²) in [6.45, 7) is 9.86. The van der Waals surface area contributed by atoms with Crippen LogP contribution in [0.2, 0.25) is 0 Å². The molecule has 1 amide bonds. The lowest BCUT2D eigenvalue weighted by Gasteiger charge is -2.32. The molecule has 7 heteroatoms. The van der Waals surface area contributed by atoms with E-state index in [4.69, 9.17) is 4.42 Å². The molecule has 1 aliphatic heterocycles. The Morgan fingerprint density at radius 1 is 1.12 bits per heavy atom. The van der Waals surface area contributed by atoms with Gasteiger partial charge in [0.1, 0.15) is 5.69 Å². The number of amides is 1. The zero-order valence-electron chi connectivity index (χ0n) is 19.0. The molecule has 168 valence electrons. The van der Waals surface area contributed by atoms with Gasteiger partial charge in [-0.1, -0.05) is 0 Å². The molecular weight excluding hydrogens is 402 g/mol. The Kier molecular flexibility index (Phi) is 6.73. The number of hydrogen-bond donors (Lipinski definition) is 1. The highest BCUT2D eigenvalue weighted by atomic mass is 16.3. The second-order valence-electron chi connectivity index (χ2n) is 8.18. The minimum atomic E-state index is 0.00320. The smallest absolute Gasteiger partial charge is 0.227 e. The average molecular weight is 434 g/mol. The van der Waals surface area contributed by atoms with Crippen molar-refractivity contribution >= 4 is 23.1 Å². The van der Waals surface area contributed by atoms with E-state index in [0.29, 0.717) is 5.76 Å². The first-order valence-electron chi connectivity index (χ1n) is 11.4. The molecule has 32 heavy (non-hydrogen) atoms. The molecule has 1 aliphatic rings. The Morgan fingerprint density at radius 2 is 1.91 bits per heavy atom. The second-order valence-corrected chi connectivity index (χ2v) is 8.18.